The average molecular weight is 394 g/mol. The van der Waals surface area contributed by atoms with E-state index in [1.165, 1.54) is 45.2 Å². The molecule has 1 unspecified atom stereocenters. The molecule has 2 saturated heterocycles. The van der Waals surface area contributed by atoms with Crippen LogP contribution in [-0.4, -0.2) is 54.5 Å². The van der Waals surface area contributed by atoms with Gasteiger partial charge in [-0.2, -0.15) is 0 Å². The Bertz CT molecular complexity index is 294. The normalized spacial score (nSPS) is 23.7. The molecule has 2 fully saturated rings. The summed E-state index contributed by atoms with van der Waals surface area (Å²) in [6.07, 6.45) is 6.37. The van der Waals surface area contributed by atoms with E-state index in [-0.39, 0.29) is 24.0 Å². The van der Waals surface area contributed by atoms with Gasteiger partial charge in [0.05, 0.1) is 6.54 Å². The second-order valence-corrected chi connectivity index (χ2v) is 6.17. The lowest BCUT2D eigenvalue weighted by Gasteiger charge is -2.31. The van der Waals surface area contributed by atoms with E-state index in [1.807, 2.05) is 0 Å². The zero-order chi connectivity index (χ0) is 13.7. The molecule has 2 aliphatic rings. The minimum absolute atomic E-state index is 0. The maximum Gasteiger partial charge on any atom is 0.191 e. The molecule has 118 valence electrons. The third-order valence-electron chi connectivity index (χ3n) is 4.70. The predicted octanol–water partition coefficient (Wildman–Crippen LogP) is 2.53. The SMILES string of the molecule is CCC(CN=C(N)N1CCC(C)CC1)N1CCCC1.I. The van der Waals surface area contributed by atoms with Crippen molar-refractivity contribution in [3.63, 3.8) is 0 Å². The molecule has 0 aromatic carbocycles. The van der Waals surface area contributed by atoms with Gasteiger partial charge in [0.15, 0.2) is 5.96 Å². The fourth-order valence-electron chi connectivity index (χ4n) is 3.15. The number of aliphatic imine (C=N–C) groups is 1. The molecule has 4 nitrogen and oxygen atoms in total. The van der Waals surface area contributed by atoms with Crippen molar-refractivity contribution in [1.82, 2.24) is 9.80 Å². The molecule has 20 heavy (non-hydrogen) atoms. The van der Waals surface area contributed by atoms with Gasteiger partial charge in [-0.3, -0.25) is 9.89 Å². The van der Waals surface area contributed by atoms with Gasteiger partial charge in [0.2, 0.25) is 0 Å². The Kier molecular flexibility index (Phi) is 8.17. The molecule has 0 spiro atoms. The first kappa shape index (κ1) is 18.0. The summed E-state index contributed by atoms with van der Waals surface area (Å²) in [6.45, 7) is 10.1. The van der Waals surface area contributed by atoms with Crippen molar-refractivity contribution in [3.05, 3.63) is 0 Å². The zero-order valence-corrected chi connectivity index (χ0v) is 15.4. The van der Waals surface area contributed by atoms with E-state index in [2.05, 4.69) is 28.6 Å². The van der Waals surface area contributed by atoms with Gasteiger partial charge in [0.25, 0.3) is 0 Å². The maximum absolute atomic E-state index is 6.15. The predicted molar refractivity (Wildman–Crippen MR) is 96.8 cm³/mol. The summed E-state index contributed by atoms with van der Waals surface area (Å²) in [5, 5.41) is 0. The molecule has 0 aliphatic carbocycles. The Morgan fingerprint density at radius 2 is 1.80 bits per heavy atom. The van der Waals surface area contributed by atoms with E-state index in [4.69, 9.17) is 5.73 Å². The molecule has 2 heterocycles. The van der Waals surface area contributed by atoms with Crippen LogP contribution < -0.4 is 5.73 Å². The van der Waals surface area contributed by atoms with Crippen LogP contribution in [0.1, 0.15) is 46.0 Å². The minimum Gasteiger partial charge on any atom is -0.370 e. The highest BCUT2D eigenvalue weighted by Crippen LogP contribution is 2.16. The van der Waals surface area contributed by atoms with Crippen LogP contribution in [0.3, 0.4) is 0 Å². The molecule has 1 atom stereocenters. The highest BCUT2D eigenvalue weighted by Gasteiger charge is 2.21. The molecule has 5 heteroatoms. The molecule has 0 radical (unpaired) electrons. The van der Waals surface area contributed by atoms with Crippen molar-refractivity contribution in [1.29, 1.82) is 0 Å². The molecule has 0 aromatic rings. The Balaban J connectivity index is 0.00000200. The molecule has 0 aromatic heterocycles. The number of hydrogen-bond acceptors (Lipinski definition) is 2. The van der Waals surface area contributed by atoms with E-state index >= 15 is 0 Å². The van der Waals surface area contributed by atoms with E-state index in [1.54, 1.807) is 0 Å². The smallest absolute Gasteiger partial charge is 0.191 e. The van der Waals surface area contributed by atoms with E-state index in [9.17, 15) is 0 Å². The van der Waals surface area contributed by atoms with Crippen molar-refractivity contribution in [2.24, 2.45) is 16.6 Å². The van der Waals surface area contributed by atoms with Crippen LogP contribution in [0.2, 0.25) is 0 Å². The third-order valence-corrected chi connectivity index (χ3v) is 4.70. The lowest BCUT2D eigenvalue weighted by molar-refractivity contribution is 0.239. The van der Waals surface area contributed by atoms with Crippen LogP contribution in [0, 0.1) is 5.92 Å². The number of hydrogen-bond donors (Lipinski definition) is 1. The average Bonchev–Trinajstić information content (AvgIpc) is 2.94. The molecule has 2 aliphatic heterocycles. The van der Waals surface area contributed by atoms with Gasteiger partial charge in [-0.25, -0.2) is 0 Å². The first-order valence-corrected chi connectivity index (χ1v) is 7.99. The largest absolute Gasteiger partial charge is 0.370 e. The van der Waals surface area contributed by atoms with Crippen LogP contribution in [0.4, 0.5) is 0 Å². The molecular formula is C15H31IN4. The van der Waals surface area contributed by atoms with Crippen molar-refractivity contribution >= 4 is 29.9 Å². The Morgan fingerprint density at radius 1 is 1.20 bits per heavy atom. The van der Waals surface area contributed by atoms with Gasteiger partial charge in [-0.15, -0.1) is 24.0 Å². The number of nitrogens with two attached hydrogens (primary N) is 1. The van der Waals surface area contributed by atoms with E-state index < -0.39 is 0 Å². The van der Waals surface area contributed by atoms with E-state index in [0.717, 1.165) is 31.5 Å². The standard InChI is InChI=1S/C15H30N4.HI/c1-3-14(18-8-4-5-9-18)12-17-15(16)19-10-6-13(2)7-11-19;/h13-14H,3-12H2,1-2H3,(H2,16,17);1H. The van der Waals surface area contributed by atoms with Crippen molar-refractivity contribution in [2.75, 3.05) is 32.7 Å². The fraction of sp³-hybridized carbons (Fsp3) is 0.933. The number of halogens is 1. The Hall–Kier alpha value is -0.0400. The molecule has 2 rings (SSSR count). The van der Waals surface area contributed by atoms with Crippen molar-refractivity contribution < 1.29 is 0 Å². The maximum atomic E-state index is 6.15. The van der Waals surface area contributed by atoms with Gasteiger partial charge in [-0.05, 0) is 51.1 Å². The molecular weight excluding hydrogens is 363 g/mol. The summed E-state index contributed by atoms with van der Waals surface area (Å²) < 4.78 is 0. The van der Waals surface area contributed by atoms with Crippen LogP contribution in [0.25, 0.3) is 0 Å². The van der Waals surface area contributed by atoms with Gasteiger partial charge >= 0.3 is 0 Å². The third kappa shape index (κ3) is 5.06. The minimum atomic E-state index is 0. The fourth-order valence-corrected chi connectivity index (χ4v) is 3.15. The summed E-state index contributed by atoms with van der Waals surface area (Å²) >= 11 is 0. The van der Waals surface area contributed by atoms with Crippen LogP contribution >= 0.6 is 24.0 Å². The van der Waals surface area contributed by atoms with Gasteiger partial charge in [0, 0.05) is 19.1 Å². The number of likely N-dealkylation sites (tertiary alicyclic amines) is 2. The summed E-state index contributed by atoms with van der Waals surface area (Å²) in [5.74, 6) is 1.61. The van der Waals surface area contributed by atoms with Crippen LogP contribution in [0.15, 0.2) is 4.99 Å². The highest BCUT2D eigenvalue weighted by molar-refractivity contribution is 14.0. The summed E-state index contributed by atoms with van der Waals surface area (Å²) in [6, 6.07) is 0.588. The topological polar surface area (TPSA) is 44.9 Å². The second kappa shape index (κ2) is 9.07. The van der Waals surface area contributed by atoms with Gasteiger partial charge in [0.1, 0.15) is 0 Å². The first-order valence-electron chi connectivity index (χ1n) is 7.99. The number of guanidine groups is 1. The number of rotatable bonds is 4. The Labute approximate surface area is 141 Å². The summed E-state index contributed by atoms with van der Waals surface area (Å²) in [7, 11) is 0. The van der Waals surface area contributed by atoms with Crippen molar-refractivity contribution in [2.45, 2.75) is 52.0 Å². The molecule has 2 N–H and O–H groups in total. The zero-order valence-electron chi connectivity index (χ0n) is 13.1. The lowest BCUT2D eigenvalue weighted by atomic mass is 10.00. The summed E-state index contributed by atoms with van der Waals surface area (Å²) in [4.78, 5) is 9.51. The number of nitrogens with zero attached hydrogens (tertiary/aromatic N) is 3. The summed E-state index contributed by atoms with van der Waals surface area (Å²) in [5.41, 5.74) is 6.15. The second-order valence-electron chi connectivity index (χ2n) is 6.17. The van der Waals surface area contributed by atoms with Crippen LogP contribution in [0.5, 0.6) is 0 Å². The van der Waals surface area contributed by atoms with E-state index in [0.29, 0.717) is 6.04 Å². The lowest BCUT2D eigenvalue weighted by Crippen LogP contribution is -2.43. The quantitative estimate of drug-likeness (QED) is 0.453. The highest BCUT2D eigenvalue weighted by atomic mass is 127. The van der Waals surface area contributed by atoms with Gasteiger partial charge in [-0.1, -0.05) is 13.8 Å². The molecule has 0 bridgehead atoms. The van der Waals surface area contributed by atoms with Gasteiger partial charge < -0.3 is 10.6 Å². The molecule has 0 saturated carbocycles. The first-order chi connectivity index (χ1) is 9.20. The van der Waals surface area contributed by atoms with Crippen LogP contribution in [-0.2, 0) is 0 Å². The van der Waals surface area contributed by atoms with Crippen molar-refractivity contribution in [3.8, 4) is 0 Å². The monoisotopic (exact) mass is 394 g/mol. The Morgan fingerprint density at radius 3 is 2.35 bits per heavy atom. The molecule has 0 amide bonds. The number of piperidine rings is 1.